The maximum absolute atomic E-state index is 12.6. The molecule has 3 rings (SSSR count). The van der Waals surface area contributed by atoms with E-state index in [4.69, 9.17) is 28.9 Å². The molecule has 1 unspecified atom stereocenters. The lowest BCUT2D eigenvalue weighted by Crippen LogP contribution is -2.41. The van der Waals surface area contributed by atoms with Crippen molar-refractivity contribution in [2.75, 3.05) is 18.4 Å². The van der Waals surface area contributed by atoms with Gasteiger partial charge >= 0.3 is 0 Å². The Morgan fingerprint density at radius 3 is 2.54 bits per heavy atom. The second-order valence-electron chi connectivity index (χ2n) is 6.40. The van der Waals surface area contributed by atoms with E-state index < -0.39 is 0 Å². The number of amides is 1. The molecule has 1 aliphatic rings. The molecule has 0 bridgehead atoms. The van der Waals surface area contributed by atoms with Crippen LogP contribution in [-0.4, -0.2) is 36.0 Å². The van der Waals surface area contributed by atoms with E-state index in [2.05, 4.69) is 22.3 Å². The molecule has 1 fully saturated rings. The van der Waals surface area contributed by atoms with E-state index in [1.54, 1.807) is 18.2 Å². The van der Waals surface area contributed by atoms with Gasteiger partial charge in [0.2, 0.25) is 5.91 Å². The number of carbonyl (C=O) groups excluding carboxylic acids is 1. The van der Waals surface area contributed by atoms with Gasteiger partial charge in [0.05, 0.1) is 21.8 Å². The third-order valence-corrected chi connectivity index (χ3v) is 5.58. The van der Waals surface area contributed by atoms with Crippen molar-refractivity contribution in [3.8, 4) is 0 Å². The lowest BCUT2D eigenvalue weighted by atomic mass is 9.95. The second-order valence-corrected chi connectivity index (χ2v) is 7.19. The minimum Gasteiger partial charge on any atom is -0.326 e. The quantitative estimate of drug-likeness (QED) is 0.789. The number of anilines is 1. The first-order valence-corrected chi connectivity index (χ1v) is 9.02. The zero-order valence-corrected chi connectivity index (χ0v) is 16.7. The molecule has 140 valence electrons. The molecular formula is C19H22Cl3N3O. The van der Waals surface area contributed by atoms with Gasteiger partial charge in [-0.05, 0) is 24.6 Å². The monoisotopic (exact) mass is 413 g/mol. The van der Waals surface area contributed by atoms with Gasteiger partial charge in [-0.15, -0.1) is 12.4 Å². The van der Waals surface area contributed by atoms with Crippen LogP contribution in [0.3, 0.4) is 0 Å². The van der Waals surface area contributed by atoms with Gasteiger partial charge in [0.25, 0.3) is 0 Å². The molecule has 2 aromatic rings. The van der Waals surface area contributed by atoms with E-state index >= 15 is 0 Å². The standard InChI is InChI=1S/C19H21Cl2N3O.ClH/c1-12(19(25)23-17-9-5-8-15(20)18(17)21)24-10-14(16(22)11-24)13-6-3-2-4-7-13;/h2-9,12,14,16H,10-11,22H2,1H3,(H,23,25);1H/t12?,14-,16+;/m0./s1. The van der Waals surface area contributed by atoms with Crippen molar-refractivity contribution in [2.45, 2.75) is 24.9 Å². The van der Waals surface area contributed by atoms with E-state index in [1.165, 1.54) is 5.56 Å². The summed E-state index contributed by atoms with van der Waals surface area (Å²) in [7, 11) is 0. The molecule has 2 aromatic carbocycles. The molecule has 26 heavy (non-hydrogen) atoms. The van der Waals surface area contributed by atoms with Gasteiger partial charge in [0.1, 0.15) is 0 Å². The van der Waals surface area contributed by atoms with Crippen LogP contribution in [0.15, 0.2) is 48.5 Å². The summed E-state index contributed by atoms with van der Waals surface area (Å²) in [5.41, 5.74) is 8.06. The molecule has 1 saturated heterocycles. The first kappa shape index (κ1) is 21.0. The lowest BCUT2D eigenvalue weighted by molar-refractivity contribution is -0.120. The Hall–Kier alpha value is -1.30. The minimum absolute atomic E-state index is 0. The molecule has 1 amide bonds. The van der Waals surface area contributed by atoms with Crippen LogP contribution in [-0.2, 0) is 4.79 Å². The summed E-state index contributed by atoms with van der Waals surface area (Å²) in [4.78, 5) is 14.7. The molecule has 0 saturated carbocycles. The predicted molar refractivity (Wildman–Crippen MR) is 111 cm³/mol. The van der Waals surface area contributed by atoms with E-state index in [0.717, 1.165) is 6.54 Å². The van der Waals surface area contributed by atoms with Crippen LogP contribution in [0.2, 0.25) is 10.0 Å². The van der Waals surface area contributed by atoms with Gasteiger partial charge in [0.15, 0.2) is 0 Å². The van der Waals surface area contributed by atoms with Crippen LogP contribution in [0.25, 0.3) is 0 Å². The molecular weight excluding hydrogens is 393 g/mol. The number of halogens is 3. The molecule has 1 heterocycles. The molecule has 4 nitrogen and oxygen atoms in total. The Balaban J connectivity index is 0.00000243. The van der Waals surface area contributed by atoms with Gasteiger partial charge < -0.3 is 11.1 Å². The van der Waals surface area contributed by atoms with Crippen molar-refractivity contribution in [1.29, 1.82) is 0 Å². The smallest absolute Gasteiger partial charge is 0.241 e. The minimum atomic E-state index is -0.310. The highest BCUT2D eigenvalue weighted by Gasteiger charge is 2.35. The van der Waals surface area contributed by atoms with Crippen molar-refractivity contribution in [1.82, 2.24) is 4.90 Å². The van der Waals surface area contributed by atoms with Gasteiger partial charge in [-0.2, -0.15) is 0 Å². The summed E-state index contributed by atoms with van der Waals surface area (Å²) < 4.78 is 0. The number of nitrogens with two attached hydrogens (primary N) is 1. The second kappa shape index (κ2) is 9.07. The molecule has 3 N–H and O–H groups in total. The maximum atomic E-state index is 12.6. The summed E-state index contributed by atoms with van der Waals surface area (Å²) in [6.45, 7) is 3.31. The average molecular weight is 415 g/mol. The van der Waals surface area contributed by atoms with Crippen LogP contribution in [0.1, 0.15) is 18.4 Å². The van der Waals surface area contributed by atoms with Gasteiger partial charge in [-0.3, -0.25) is 9.69 Å². The van der Waals surface area contributed by atoms with Crippen LogP contribution < -0.4 is 11.1 Å². The Morgan fingerprint density at radius 2 is 1.85 bits per heavy atom. The molecule has 3 atom stereocenters. The summed E-state index contributed by atoms with van der Waals surface area (Å²) in [6, 6.07) is 15.1. The molecule has 0 radical (unpaired) electrons. The number of nitrogens with one attached hydrogen (secondary N) is 1. The Morgan fingerprint density at radius 1 is 1.15 bits per heavy atom. The Labute approximate surface area is 170 Å². The van der Waals surface area contributed by atoms with E-state index in [9.17, 15) is 4.79 Å². The fourth-order valence-corrected chi connectivity index (χ4v) is 3.58. The maximum Gasteiger partial charge on any atom is 0.241 e. The van der Waals surface area contributed by atoms with Crippen LogP contribution in [0, 0.1) is 0 Å². The third kappa shape index (κ3) is 4.51. The summed E-state index contributed by atoms with van der Waals surface area (Å²) in [5.74, 6) is 0.108. The van der Waals surface area contributed by atoms with Crippen molar-refractivity contribution >= 4 is 47.2 Å². The number of likely N-dealkylation sites (tertiary alicyclic amines) is 1. The number of benzene rings is 2. The van der Waals surface area contributed by atoms with Gasteiger partial charge in [0, 0.05) is 25.0 Å². The van der Waals surface area contributed by atoms with Crippen LogP contribution in [0.5, 0.6) is 0 Å². The fourth-order valence-electron chi connectivity index (χ4n) is 3.23. The molecule has 0 aliphatic carbocycles. The molecule has 7 heteroatoms. The largest absolute Gasteiger partial charge is 0.326 e. The molecule has 0 spiro atoms. The van der Waals surface area contributed by atoms with Crippen molar-refractivity contribution < 1.29 is 4.79 Å². The topological polar surface area (TPSA) is 58.4 Å². The number of carbonyl (C=O) groups is 1. The highest BCUT2D eigenvalue weighted by Crippen LogP contribution is 2.31. The zero-order chi connectivity index (χ0) is 18.0. The lowest BCUT2D eigenvalue weighted by Gasteiger charge is -2.23. The first-order valence-electron chi connectivity index (χ1n) is 8.27. The Kier molecular flexibility index (Phi) is 7.33. The van der Waals surface area contributed by atoms with Crippen LogP contribution >= 0.6 is 35.6 Å². The number of hydrogen-bond acceptors (Lipinski definition) is 3. The van der Waals surface area contributed by atoms with E-state index in [-0.39, 0.29) is 36.3 Å². The van der Waals surface area contributed by atoms with Crippen molar-refractivity contribution in [2.24, 2.45) is 5.73 Å². The van der Waals surface area contributed by atoms with Gasteiger partial charge in [-0.1, -0.05) is 59.6 Å². The Bertz CT molecular complexity index is 757. The normalized spacial score (nSPS) is 21.1. The highest BCUT2D eigenvalue weighted by molar-refractivity contribution is 6.44. The van der Waals surface area contributed by atoms with Crippen LogP contribution in [0.4, 0.5) is 5.69 Å². The summed E-state index contributed by atoms with van der Waals surface area (Å²) in [5, 5.41) is 3.63. The van der Waals surface area contributed by atoms with Crippen molar-refractivity contribution in [3.05, 3.63) is 64.1 Å². The third-order valence-electron chi connectivity index (χ3n) is 4.76. The van der Waals surface area contributed by atoms with Crippen molar-refractivity contribution in [3.63, 3.8) is 0 Å². The number of hydrogen-bond donors (Lipinski definition) is 2. The van der Waals surface area contributed by atoms with E-state index in [0.29, 0.717) is 22.3 Å². The first-order chi connectivity index (χ1) is 12.0. The van der Waals surface area contributed by atoms with E-state index in [1.807, 2.05) is 25.1 Å². The average Bonchev–Trinajstić information content (AvgIpc) is 3.00. The highest BCUT2D eigenvalue weighted by atomic mass is 35.5. The molecule has 1 aliphatic heterocycles. The molecule has 0 aromatic heterocycles. The number of nitrogens with zero attached hydrogens (tertiary/aromatic N) is 1. The summed E-state index contributed by atoms with van der Waals surface area (Å²) in [6.07, 6.45) is 0. The van der Waals surface area contributed by atoms with Gasteiger partial charge in [-0.25, -0.2) is 0 Å². The summed E-state index contributed by atoms with van der Waals surface area (Å²) >= 11 is 12.1. The number of rotatable bonds is 4. The SMILES string of the molecule is CC(C(=O)Nc1cccc(Cl)c1Cl)N1C[C@@H](N)[C@H](c2ccccc2)C1.Cl. The predicted octanol–water partition coefficient (Wildman–Crippen LogP) is 4.17. The fraction of sp³-hybridized carbons (Fsp3) is 0.316. The zero-order valence-electron chi connectivity index (χ0n) is 14.4.